The predicted octanol–water partition coefficient (Wildman–Crippen LogP) is 5.94. The smallest absolute Gasteiger partial charge is 0.255 e. The normalized spacial score (nSPS) is 13.6. The van der Waals surface area contributed by atoms with Crippen molar-refractivity contribution in [2.45, 2.75) is 39.0 Å². The van der Waals surface area contributed by atoms with Gasteiger partial charge in [-0.1, -0.05) is 17.7 Å². The number of aryl methyl sites for hydroxylation is 1. The lowest BCUT2D eigenvalue weighted by atomic mass is 10.1. The number of hydrogen-bond donors (Lipinski definition) is 7. The standard InChI is InChI=1S/C26H31N7O2.CH5N.ClH.3H3N.4H2/c1-18-7-9-19(10-8-18)23(35)28-21-12-11-20(17-22(21)34)27-24-29-25(32-13-3-2-4-14-32)31-26(30-24)33-15-5-6-16-33;1-2;;;;;;;;/h7-12,17,34H,2-6,13-16H2,1H3,(H,28,35)(H,27,29,30,31);2H2,1H3;1H;3*1H3;4*1H. The molecule has 0 aliphatic carbocycles. The molecule has 14 heteroatoms. The third kappa shape index (κ3) is 9.69. The summed E-state index contributed by atoms with van der Waals surface area (Å²) in [5, 5.41) is 16.6. The summed E-state index contributed by atoms with van der Waals surface area (Å²) in [6.45, 7) is 5.74. The number of benzene rings is 2. The number of phenols is 1. The molecule has 0 spiro atoms. The fourth-order valence-corrected chi connectivity index (χ4v) is 4.45. The van der Waals surface area contributed by atoms with Gasteiger partial charge in [-0.25, -0.2) is 0 Å². The number of carbonyl (C=O) groups excluding carboxylic acids is 1. The summed E-state index contributed by atoms with van der Waals surface area (Å²) in [5.41, 5.74) is 7.07. The van der Waals surface area contributed by atoms with E-state index in [1.165, 1.54) is 13.5 Å². The molecule has 2 fully saturated rings. The maximum absolute atomic E-state index is 12.5. The molecule has 1 aromatic heterocycles. The van der Waals surface area contributed by atoms with Gasteiger partial charge in [-0.3, -0.25) is 4.79 Å². The zero-order valence-corrected chi connectivity index (χ0v) is 24.9. The van der Waals surface area contributed by atoms with Crippen LogP contribution < -0.4 is 44.6 Å². The van der Waals surface area contributed by atoms with E-state index in [4.69, 9.17) is 4.98 Å². The van der Waals surface area contributed by atoms with Gasteiger partial charge in [-0.15, -0.1) is 12.4 Å². The Labute approximate surface area is 254 Å². The molecule has 2 saturated heterocycles. The summed E-state index contributed by atoms with van der Waals surface area (Å²) in [6, 6.07) is 12.3. The average Bonchev–Trinajstić information content (AvgIpc) is 3.47. The van der Waals surface area contributed by atoms with Crippen molar-refractivity contribution in [1.82, 2.24) is 33.4 Å². The Hall–Kier alpha value is -3.75. The van der Waals surface area contributed by atoms with Crippen LogP contribution in [-0.4, -0.2) is 59.2 Å². The Morgan fingerprint density at radius 2 is 1.34 bits per heavy atom. The van der Waals surface area contributed by atoms with Crippen molar-refractivity contribution in [2.75, 3.05) is 53.7 Å². The van der Waals surface area contributed by atoms with E-state index in [2.05, 4.69) is 36.1 Å². The van der Waals surface area contributed by atoms with E-state index in [0.29, 0.717) is 34.8 Å². The largest absolute Gasteiger partial charge is 0.506 e. The quantitative estimate of drug-likeness (QED) is 0.163. The van der Waals surface area contributed by atoms with Crippen LogP contribution in [0.2, 0.25) is 0 Å². The van der Waals surface area contributed by atoms with Gasteiger partial charge in [0.2, 0.25) is 17.8 Å². The molecular weight excluding hydrogens is 546 g/mol. The second kappa shape index (κ2) is 17.8. The van der Waals surface area contributed by atoms with Gasteiger partial charge in [0, 0.05) is 49.2 Å². The highest BCUT2D eigenvalue weighted by atomic mass is 35.5. The Morgan fingerprint density at radius 1 is 0.829 bits per heavy atom. The summed E-state index contributed by atoms with van der Waals surface area (Å²) in [4.78, 5) is 31.1. The van der Waals surface area contributed by atoms with Crippen LogP contribution in [0.5, 0.6) is 5.75 Å². The molecule has 5 rings (SSSR count). The van der Waals surface area contributed by atoms with Crippen molar-refractivity contribution in [3.63, 3.8) is 0 Å². The van der Waals surface area contributed by atoms with Gasteiger partial charge in [0.05, 0.1) is 5.69 Å². The minimum atomic E-state index is -0.278. The first-order valence-electron chi connectivity index (χ1n) is 12.9. The van der Waals surface area contributed by atoms with Crippen LogP contribution in [0.15, 0.2) is 42.5 Å². The van der Waals surface area contributed by atoms with E-state index in [9.17, 15) is 9.90 Å². The summed E-state index contributed by atoms with van der Waals surface area (Å²) in [5.74, 6) is 1.50. The second-order valence-corrected chi connectivity index (χ2v) is 9.18. The Bertz CT molecular complexity index is 1220. The number of amides is 1. The van der Waals surface area contributed by atoms with Crippen molar-refractivity contribution < 1.29 is 15.6 Å². The average molecular weight is 600 g/mol. The molecule has 3 aromatic rings. The fraction of sp³-hybridized carbons (Fsp3) is 0.407. The number of rotatable bonds is 6. The lowest BCUT2D eigenvalue weighted by Crippen LogP contribution is -2.32. The SMILES string of the molecule is CN.Cc1ccc(C(=O)Nc2ccc(Nc3nc(N4CCCCC4)nc(N4CCCC4)n3)cc2O)cc1.Cl.N.N.N.[HH].[HH].[HH].[HH]. The van der Waals surface area contributed by atoms with Crippen LogP contribution in [-0.2, 0) is 0 Å². The number of nitrogens with one attached hydrogen (secondary N) is 2. The third-order valence-electron chi connectivity index (χ3n) is 6.46. The highest BCUT2D eigenvalue weighted by Crippen LogP contribution is 2.30. The molecule has 0 saturated carbocycles. The van der Waals surface area contributed by atoms with Crippen molar-refractivity contribution in [2.24, 2.45) is 5.73 Å². The number of nitrogens with zero attached hydrogens (tertiary/aromatic N) is 5. The molecule has 41 heavy (non-hydrogen) atoms. The van der Waals surface area contributed by atoms with Crippen LogP contribution in [0.25, 0.3) is 0 Å². The first kappa shape index (κ1) is 37.2. The van der Waals surface area contributed by atoms with Gasteiger partial charge in [0.15, 0.2) is 0 Å². The molecule has 0 radical (unpaired) electrons. The van der Waals surface area contributed by atoms with Gasteiger partial charge in [-0.2, -0.15) is 15.0 Å². The number of aromatic nitrogens is 3. The molecule has 3 heterocycles. The van der Waals surface area contributed by atoms with Crippen molar-refractivity contribution in [1.29, 1.82) is 0 Å². The Kier molecular flexibility index (Phi) is 16.2. The monoisotopic (exact) mass is 599 g/mol. The first-order valence-corrected chi connectivity index (χ1v) is 12.9. The third-order valence-corrected chi connectivity index (χ3v) is 6.46. The van der Waals surface area contributed by atoms with E-state index < -0.39 is 0 Å². The molecule has 13 nitrogen and oxygen atoms in total. The van der Waals surface area contributed by atoms with Gasteiger partial charge >= 0.3 is 0 Å². The van der Waals surface area contributed by atoms with Crippen LogP contribution in [0.1, 0.15) is 53.7 Å². The topological polar surface area (TPSA) is 238 Å². The number of piperidine rings is 1. The van der Waals surface area contributed by atoms with E-state index in [1.54, 1.807) is 30.3 Å². The van der Waals surface area contributed by atoms with Gasteiger partial charge in [0.25, 0.3) is 5.91 Å². The second-order valence-electron chi connectivity index (χ2n) is 9.18. The van der Waals surface area contributed by atoms with E-state index in [0.717, 1.165) is 57.4 Å². The van der Waals surface area contributed by atoms with E-state index in [1.807, 2.05) is 19.1 Å². The number of hydrogen-bond acceptors (Lipinski definition) is 12. The maximum Gasteiger partial charge on any atom is 0.255 e. The highest BCUT2D eigenvalue weighted by Gasteiger charge is 2.21. The van der Waals surface area contributed by atoms with Crippen LogP contribution in [0.4, 0.5) is 29.2 Å². The minimum Gasteiger partial charge on any atom is -0.506 e. The molecule has 236 valence electrons. The van der Waals surface area contributed by atoms with Crippen molar-refractivity contribution in [3.8, 4) is 5.75 Å². The molecular formula is C27H54ClN11O2. The maximum atomic E-state index is 12.5. The molecule has 0 bridgehead atoms. The number of nitrogens with two attached hydrogens (primary N) is 1. The Morgan fingerprint density at radius 3 is 1.85 bits per heavy atom. The molecule has 0 unspecified atom stereocenters. The number of carbonyl (C=O) groups is 1. The number of halogens is 1. The van der Waals surface area contributed by atoms with E-state index in [-0.39, 0.29) is 48.2 Å². The summed E-state index contributed by atoms with van der Waals surface area (Å²) in [6.07, 6.45) is 5.78. The number of aromatic hydroxyl groups is 1. The molecule has 2 aromatic carbocycles. The van der Waals surface area contributed by atoms with Crippen molar-refractivity contribution in [3.05, 3.63) is 53.6 Å². The first-order chi connectivity index (χ1) is 18.0. The van der Waals surface area contributed by atoms with Gasteiger partial charge in [-0.05, 0) is 70.3 Å². The molecule has 14 N–H and O–H groups in total. The molecule has 1 amide bonds. The minimum absolute atomic E-state index is 0. The predicted molar refractivity (Wildman–Crippen MR) is 179 cm³/mol. The van der Waals surface area contributed by atoms with Crippen LogP contribution in [0.3, 0.4) is 0 Å². The van der Waals surface area contributed by atoms with Crippen molar-refractivity contribution >= 4 is 47.5 Å². The van der Waals surface area contributed by atoms with Gasteiger partial charge in [0.1, 0.15) is 5.75 Å². The van der Waals surface area contributed by atoms with E-state index >= 15 is 0 Å². The van der Waals surface area contributed by atoms with Gasteiger partial charge < -0.3 is 49.7 Å². The zero-order chi connectivity index (χ0) is 26.2. The summed E-state index contributed by atoms with van der Waals surface area (Å²) in [7, 11) is 1.50. The summed E-state index contributed by atoms with van der Waals surface area (Å²) >= 11 is 0. The molecule has 2 aliphatic rings. The lowest BCUT2D eigenvalue weighted by Gasteiger charge is -2.27. The van der Waals surface area contributed by atoms with Crippen LogP contribution >= 0.6 is 12.4 Å². The summed E-state index contributed by atoms with van der Waals surface area (Å²) < 4.78 is 0. The fourth-order valence-electron chi connectivity index (χ4n) is 4.45. The molecule has 0 atom stereocenters. The molecule has 2 aliphatic heterocycles. The lowest BCUT2D eigenvalue weighted by molar-refractivity contribution is 0.102. The number of phenolic OH excluding ortho intramolecular Hbond substituents is 1. The highest BCUT2D eigenvalue weighted by molar-refractivity contribution is 6.05. The van der Waals surface area contributed by atoms with Crippen LogP contribution in [0, 0.1) is 6.92 Å². The number of anilines is 5. The Balaban J connectivity index is -0.000000523. The zero-order valence-electron chi connectivity index (χ0n) is 24.1.